The van der Waals surface area contributed by atoms with Crippen LogP contribution in [0.3, 0.4) is 0 Å². The largest absolute Gasteiger partial charge is 0.483 e. The van der Waals surface area contributed by atoms with Crippen LogP contribution in [-0.4, -0.2) is 19.1 Å². The molecule has 0 aliphatic rings. The average molecular weight is 271 g/mol. The van der Waals surface area contributed by atoms with E-state index in [1.165, 1.54) is 0 Å². The van der Waals surface area contributed by atoms with Crippen LogP contribution in [0.1, 0.15) is 19.4 Å². The summed E-state index contributed by atoms with van der Waals surface area (Å²) in [5, 5.41) is 3.38. The molecule has 1 aromatic carbocycles. The van der Waals surface area contributed by atoms with E-state index in [4.69, 9.17) is 22.1 Å². The number of rotatable bonds is 6. The molecule has 0 aliphatic carbocycles. The van der Waals surface area contributed by atoms with Crippen molar-refractivity contribution in [3.63, 3.8) is 0 Å². The molecular weight excluding hydrogens is 252 g/mol. The number of hydrogen-bond donors (Lipinski definition) is 2. The van der Waals surface area contributed by atoms with Crippen molar-refractivity contribution in [1.82, 2.24) is 5.32 Å². The number of carbonyl (C=O) groups excluding carboxylic acids is 1. The first kappa shape index (κ1) is 14.8. The van der Waals surface area contributed by atoms with Crippen molar-refractivity contribution in [1.29, 1.82) is 0 Å². The van der Waals surface area contributed by atoms with E-state index >= 15 is 0 Å². The SMILES string of the molecule is CC(C)CNC(=O)COc1ccc(Cl)cc1CN. The molecule has 1 amide bonds. The third-order valence-corrected chi connectivity index (χ3v) is 2.54. The lowest BCUT2D eigenvalue weighted by molar-refractivity contribution is -0.123. The van der Waals surface area contributed by atoms with Gasteiger partial charge < -0.3 is 15.8 Å². The van der Waals surface area contributed by atoms with Crippen LogP contribution < -0.4 is 15.8 Å². The molecule has 0 aliphatic heterocycles. The van der Waals surface area contributed by atoms with Crippen LogP contribution in [0.15, 0.2) is 18.2 Å². The summed E-state index contributed by atoms with van der Waals surface area (Å²) >= 11 is 5.85. The number of halogens is 1. The zero-order valence-corrected chi connectivity index (χ0v) is 11.5. The molecule has 0 saturated heterocycles. The van der Waals surface area contributed by atoms with Gasteiger partial charge in [-0.2, -0.15) is 0 Å². The zero-order chi connectivity index (χ0) is 13.5. The third kappa shape index (κ3) is 4.94. The quantitative estimate of drug-likeness (QED) is 0.830. The standard InChI is InChI=1S/C13H19ClN2O2/c1-9(2)7-16-13(17)8-18-12-4-3-11(14)5-10(12)6-15/h3-5,9H,6-8,15H2,1-2H3,(H,16,17). The van der Waals surface area contributed by atoms with E-state index in [-0.39, 0.29) is 12.5 Å². The summed E-state index contributed by atoms with van der Waals surface area (Å²) in [5.41, 5.74) is 6.38. The summed E-state index contributed by atoms with van der Waals surface area (Å²) in [5.74, 6) is 0.882. The Kier molecular flexibility index (Phi) is 5.95. The Morgan fingerprint density at radius 1 is 1.50 bits per heavy atom. The topological polar surface area (TPSA) is 64.3 Å². The van der Waals surface area contributed by atoms with E-state index in [0.29, 0.717) is 29.8 Å². The van der Waals surface area contributed by atoms with Gasteiger partial charge in [-0.25, -0.2) is 0 Å². The highest BCUT2D eigenvalue weighted by atomic mass is 35.5. The van der Waals surface area contributed by atoms with Gasteiger partial charge in [0.25, 0.3) is 5.91 Å². The van der Waals surface area contributed by atoms with Crippen LogP contribution in [0.25, 0.3) is 0 Å². The maximum absolute atomic E-state index is 11.5. The number of nitrogens with two attached hydrogens (primary N) is 1. The Hall–Kier alpha value is -1.26. The number of hydrogen-bond acceptors (Lipinski definition) is 3. The van der Waals surface area contributed by atoms with Gasteiger partial charge in [-0.15, -0.1) is 0 Å². The molecule has 0 fully saturated rings. The second-order valence-electron chi connectivity index (χ2n) is 4.44. The first-order valence-corrected chi connectivity index (χ1v) is 6.28. The van der Waals surface area contributed by atoms with Gasteiger partial charge in [-0.3, -0.25) is 4.79 Å². The summed E-state index contributed by atoms with van der Waals surface area (Å²) in [6.45, 7) is 5.02. The van der Waals surface area contributed by atoms with E-state index in [1.807, 2.05) is 13.8 Å². The number of amides is 1. The lowest BCUT2D eigenvalue weighted by Crippen LogP contribution is -2.31. The van der Waals surface area contributed by atoms with Gasteiger partial charge >= 0.3 is 0 Å². The van der Waals surface area contributed by atoms with Crippen LogP contribution in [0.2, 0.25) is 5.02 Å². The Morgan fingerprint density at radius 3 is 2.83 bits per heavy atom. The predicted molar refractivity (Wildman–Crippen MR) is 72.7 cm³/mol. The first-order chi connectivity index (χ1) is 8.52. The number of ether oxygens (including phenoxy) is 1. The fraction of sp³-hybridized carbons (Fsp3) is 0.462. The van der Waals surface area contributed by atoms with Crippen LogP contribution in [0, 0.1) is 5.92 Å². The molecule has 100 valence electrons. The molecule has 0 saturated carbocycles. The Morgan fingerprint density at radius 2 is 2.22 bits per heavy atom. The second-order valence-corrected chi connectivity index (χ2v) is 4.88. The van der Waals surface area contributed by atoms with Crippen LogP contribution in [0.5, 0.6) is 5.75 Å². The molecule has 3 N–H and O–H groups in total. The van der Waals surface area contributed by atoms with E-state index in [2.05, 4.69) is 5.32 Å². The summed E-state index contributed by atoms with van der Waals surface area (Å²) in [6.07, 6.45) is 0. The highest BCUT2D eigenvalue weighted by Crippen LogP contribution is 2.22. The zero-order valence-electron chi connectivity index (χ0n) is 10.7. The van der Waals surface area contributed by atoms with E-state index < -0.39 is 0 Å². The lowest BCUT2D eigenvalue weighted by Gasteiger charge is -2.11. The molecule has 0 radical (unpaired) electrons. The molecule has 0 aromatic heterocycles. The molecule has 5 heteroatoms. The maximum Gasteiger partial charge on any atom is 0.257 e. The smallest absolute Gasteiger partial charge is 0.257 e. The maximum atomic E-state index is 11.5. The minimum atomic E-state index is -0.137. The van der Waals surface area contributed by atoms with Crippen molar-refractivity contribution in [2.45, 2.75) is 20.4 Å². The monoisotopic (exact) mass is 270 g/mol. The van der Waals surface area contributed by atoms with E-state index in [1.54, 1.807) is 18.2 Å². The molecule has 18 heavy (non-hydrogen) atoms. The van der Waals surface area contributed by atoms with Crippen molar-refractivity contribution in [2.24, 2.45) is 11.7 Å². The molecule has 0 heterocycles. The highest BCUT2D eigenvalue weighted by Gasteiger charge is 2.07. The summed E-state index contributed by atoms with van der Waals surface area (Å²) < 4.78 is 5.43. The fourth-order valence-electron chi connectivity index (χ4n) is 1.36. The molecule has 0 atom stereocenters. The first-order valence-electron chi connectivity index (χ1n) is 5.91. The van der Waals surface area contributed by atoms with Gasteiger partial charge in [0, 0.05) is 23.7 Å². The Labute approximate surface area is 112 Å². The summed E-state index contributed by atoms with van der Waals surface area (Å²) in [6, 6.07) is 5.17. The van der Waals surface area contributed by atoms with Gasteiger partial charge in [0.2, 0.25) is 0 Å². The van der Waals surface area contributed by atoms with Gasteiger partial charge in [-0.05, 0) is 24.1 Å². The molecule has 1 aromatic rings. The van der Waals surface area contributed by atoms with Crippen molar-refractivity contribution in [2.75, 3.05) is 13.2 Å². The number of carbonyl (C=O) groups is 1. The summed E-state index contributed by atoms with van der Waals surface area (Å²) in [7, 11) is 0. The fourth-order valence-corrected chi connectivity index (χ4v) is 1.56. The van der Waals surface area contributed by atoms with Crippen LogP contribution >= 0.6 is 11.6 Å². The molecule has 0 spiro atoms. The number of benzene rings is 1. The Balaban J connectivity index is 2.50. The second kappa shape index (κ2) is 7.24. The van der Waals surface area contributed by atoms with Gasteiger partial charge in [-0.1, -0.05) is 25.4 Å². The average Bonchev–Trinajstić information content (AvgIpc) is 2.34. The highest BCUT2D eigenvalue weighted by molar-refractivity contribution is 6.30. The van der Waals surface area contributed by atoms with E-state index in [0.717, 1.165) is 5.56 Å². The molecule has 0 unspecified atom stereocenters. The molecule has 0 bridgehead atoms. The summed E-state index contributed by atoms with van der Waals surface area (Å²) in [4.78, 5) is 11.5. The predicted octanol–water partition coefficient (Wildman–Crippen LogP) is 1.95. The van der Waals surface area contributed by atoms with Crippen molar-refractivity contribution >= 4 is 17.5 Å². The van der Waals surface area contributed by atoms with Gasteiger partial charge in [0.1, 0.15) is 5.75 Å². The minimum Gasteiger partial charge on any atom is -0.483 e. The third-order valence-electron chi connectivity index (χ3n) is 2.31. The lowest BCUT2D eigenvalue weighted by atomic mass is 10.2. The van der Waals surface area contributed by atoms with Crippen LogP contribution in [-0.2, 0) is 11.3 Å². The number of nitrogens with one attached hydrogen (secondary N) is 1. The van der Waals surface area contributed by atoms with Crippen molar-refractivity contribution < 1.29 is 9.53 Å². The molecular formula is C13H19ClN2O2. The normalized spacial score (nSPS) is 10.5. The molecule has 4 nitrogen and oxygen atoms in total. The van der Waals surface area contributed by atoms with Gasteiger partial charge in [0.05, 0.1) is 0 Å². The Bertz CT molecular complexity index is 408. The van der Waals surface area contributed by atoms with Crippen molar-refractivity contribution in [3.8, 4) is 5.75 Å². The molecule has 1 rings (SSSR count). The van der Waals surface area contributed by atoms with Crippen LogP contribution in [0.4, 0.5) is 0 Å². The minimum absolute atomic E-state index is 0.0125. The van der Waals surface area contributed by atoms with E-state index in [9.17, 15) is 4.79 Å². The van der Waals surface area contributed by atoms with Crippen molar-refractivity contribution in [3.05, 3.63) is 28.8 Å². The van der Waals surface area contributed by atoms with Gasteiger partial charge in [0.15, 0.2) is 6.61 Å².